The molecule has 0 unspecified atom stereocenters. The van der Waals surface area contributed by atoms with E-state index in [1.165, 1.54) is 16.7 Å². The molecule has 4 heteroatoms. The third-order valence-corrected chi connectivity index (χ3v) is 6.37. The molecule has 3 atom stereocenters. The molecular formula is C23H25NO3. The third kappa shape index (κ3) is 2.67. The molecule has 4 nitrogen and oxygen atoms in total. The second-order valence-electron chi connectivity index (χ2n) is 7.91. The predicted octanol–water partition coefficient (Wildman–Crippen LogP) is 3.77. The highest BCUT2D eigenvalue weighted by molar-refractivity contribution is 5.60. The summed E-state index contributed by atoms with van der Waals surface area (Å²) in [6, 6.07) is 14.5. The number of benzene rings is 2. The smallest absolute Gasteiger partial charge is 0.165 e. The zero-order valence-corrected chi connectivity index (χ0v) is 15.6. The number of nitrogens with zero attached hydrogens (tertiary/aromatic N) is 1. The summed E-state index contributed by atoms with van der Waals surface area (Å²) < 4.78 is 11.9. The van der Waals surface area contributed by atoms with Crippen molar-refractivity contribution in [2.24, 2.45) is 0 Å². The molecule has 0 radical (unpaired) electrons. The molecule has 3 aliphatic rings. The van der Waals surface area contributed by atoms with E-state index in [0.29, 0.717) is 5.75 Å². The van der Waals surface area contributed by atoms with Crippen LogP contribution in [0.1, 0.15) is 29.5 Å². The van der Waals surface area contributed by atoms with Crippen LogP contribution < -0.4 is 4.74 Å². The zero-order chi connectivity index (χ0) is 18.4. The van der Waals surface area contributed by atoms with Crippen LogP contribution in [0.3, 0.4) is 0 Å². The van der Waals surface area contributed by atoms with E-state index in [4.69, 9.17) is 9.47 Å². The number of aromatic hydroxyl groups is 1. The minimum Gasteiger partial charge on any atom is -0.504 e. The molecule has 140 valence electrons. The minimum atomic E-state index is -0.163. The van der Waals surface area contributed by atoms with Gasteiger partial charge in [-0.25, -0.2) is 0 Å². The first-order valence-electron chi connectivity index (χ1n) is 9.70. The Morgan fingerprint density at radius 1 is 1.22 bits per heavy atom. The number of methoxy groups -OCH3 is 1. The van der Waals surface area contributed by atoms with E-state index in [1.807, 2.05) is 0 Å². The van der Waals surface area contributed by atoms with Crippen LogP contribution in [-0.4, -0.2) is 35.9 Å². The fourth-order valence-electron chi connectivity index (χ4n) is 4.98. The van der Waals surface area contributed by atoms with Gasteiger partial charge in [-0.3, -0.25) is 4.90 Å². The average Bonchev–Trinajstić information content (AvgIpc) is 2.96. The molecule has 1 aliphatic carbocycles. The Morgan fingerprint density at radius 2 is 2.07 bits per heavy atom. The fraction of sp³-hybridized carbons (Fsp3) is 0.391. The van der Waals surface area contributed by atoms with Gasteiger partial charge in [-0.1, -0.05) is 48.6 Å². The van der Waals surface area contributed by atoms with Gasteiger partial charge in [0.2, 0.25) is 0 Å². The Bertz CT molecular complexity index is 879. The van der Waals surface area contributed by atoms with Crippen LogP contribution in [0.15, 0.2) is 54.6 Å². The van der Waals surface area contributed by atoms with E-state index in [1.54, 1.807) is 13.2 Å². The highest BCUT2D eigenvalue weighted by Crippen LogP contribution is 2.55. The van der Waals surface area contributed by atoms with E-state index in [0.717, 1.165) is 32.5 Å². The number of phenolic OH excluding ortho intramolecular Hbond substituents is 1. The van der Waals surface area contributed by atoms with Crippen LogP contribution in [0.4, 0.5) is 0 Å². The fourth-order valence-corrected chi connectivity index (χ4v) is 4.98. The molecular weight excluding hydrogens is 338 g/mol. The molecule has 0 bridgehead atoms. The normalized spacial score (nSPS) is 28.9. The summed E-state index contributed by atoms with van der Waals surface area (Å²) in [5.74, 6) is 0.932. The molecule has 1 N–H and O–H groups in total. The van der Waals surface area contributed by atoms with Crippen LogP contribution >= 0.6 is 0 Å². The summed E-state index contributed by atoms with van der Waals surface area (Å²) in [4.78, 5) is 2.50. The van der Waals surface area contributed by atoms with Crippen LogP contribution in [0.2, 0.25) is 0 Å². The Balaban J connectivity index is 1.54. The van der Waals surface area contributed by atoms with Crippen molar-refractivity contribution in [2.75, 3.05) is 13.7 Å². The molecule has 0 saturated heterocycles. The SMILES string of the molecule is CO[C@H]1C=C[C@@]23CCN(Cc4ccccc4)Cc4ccc(O)c(c42)O[C@H]3C1. The van der Waals surface area contributed by atoms with Gasteiger partial charge in [0.05, 0.1) is 11.5 Å². The lowest BCUT2D eigenvalue weighted by Crippen LogP contribution is -2.43. The van der Waals surface area contributed by atoms with Crippen molar-refractivity contribution in [3.63, 3.8) is 0 Å². The third-order valence-electron chi connectivity index (χ3n) is 6.37. The molecule has 2 aromatic carbocycles. The van der Waals surface area contributed by atoms with E-state index in [-0.39, 0.29) is 23.4 Å². The molecule has 2 aliphatic heterocycles. The maximum absolute atomic E-state index is 10.5. The lowest BCUT2D eigenvalue weighted by Gasteiger charge is -2.36. The van der Waals surface area contributed by atoms with E-state index >= 15 is 0 Å². The van der Waals surface area contributed by atoms with Crippen molar-refractivity contribution in [3.8, 4) is 11.5 Å². The number of hydrogen-bond donors (Lipinski definition) is 1. The largest absolute Gasteiger partial charge is 0.504 e. The van der Waals surface area contributed by atoms with Gasteiger partial charge in [0, 0.05) is 38.7 Å². The van der Waals surface area contributed by atoms with Gasteiger partial charge < -0.3 is 14.6 Å². The van der Waals surface area contributed by atoms with Crippen molar-refractivity contribution in [3.05, 3.63) is 71.3 Å². The van der Waals surface area contributed by atoms with Gasteiger partial charge in [0.25, 0.3) is 0 Å². The second-order valence-corrected chi connectivity index (χ2v) is 7.91. The molecule has 1 spiro atoms. The molecule has 0 fully saturated rings. The minimum absolute atomic E-state index is 0.0196. The van der Waals surface area contributed by atoms with Crippen LogP contribution in [-0.2, 0) is 23.2 Å². The molecule has 27 heavy (non-hydrogen) atoms. The van der Waals surface area contributed by atoms with Crippen LogP contribution in [0.5, 0.6) is 11.5 Å². The van der Waals surface area contributed by atoms with E-state index < -0.39 is 0 Å². The standard InChI is InChI=1S/C23H25NO3/c1-26-18-9-10-23-11-12-24(14-16-5-3-2-4-6-16)15-17-7-8-19(25)22(21(17)23)27-20(23)13-18/h2-10,18,20,25H,11-15H2,1H3/t18-,20-,23-/m0/s1. The van der Waals surface area contributed by atoms with Gasteiger partial charge in [-0.15, -0.1) is 0 Å². The number of hydrogen-bond acceptors (Lipinski definition) is 4. The van der Waals surface area contributed by atoms with Crippen molar-refractivity contribution in [1.82, 2.24) is 4.90 Å². The second kappa shape index (κ2) is 6.39. The topological polar surface area (TPSA) is 41.9 Å². The van der Waals surface area contributed by atoms with Crippen molar-refractivity contribution < 1.29 is 14.6 Å². The first-order valence-corrected chi connectivity index (χ1v) is 9.70. The van der Waals surface area contributed by atoms with E-state index in [9.17, 15) is 5.11 Å². The summed E-state index contributed by atoms with van der Waals surface area (Å²) in [6.45, 7) is 2.80. The van der Waals surface area contributed by atoms with Crippen LogP contribution in [0.25, 0.3) is 0 Å². The summed E-state index contributed by atoms with van der Waals surface area (Å²) in [5.41, 5.74) is 3.62. The molecule has 0 saturated carbocycles. The van der Waals surface area contributed by atoms with Gasteiger partial charge in [0.1, 0.15) is 6.10 Å². The number of ether oxygens (including phenoxy) is 2. The predicted molar refractivity (Wildman–Crippen MR) is 104 cm³/mol. The van der Waals surface area contributed by atoms with Crippen molar-refractivity contribution in [1.29, 1.82) is 0 Å². The maximum atomic E-state index is 10.5. The Morgan fingerprint density at radius 3 is 2.89 bits per heavy atom. The Labute approximate surface area is 160 Å². The van der Waals surface area contributed by atoms with Gasteiger partial charge in [0.15, 0.2) is 11.5 Å². The zero-order valence-electron chi connectivity index (χ0n) is 15.6. The molecule has 0 amide bonds. The summed E-state index contributed by atoms with van der Waals surface area (Å²) in [5, 5.41) is 10.5. The summed E-state index contributed by atoms with van der Waals surface area (Å²) in [6.07, 6.45) is 6.36. The number of rotatable bonds is 3. The lowest BCUT2D eigenvalue weighted by molar-refractivity contribution is 0.0543. The highest BCUT2D eigenvalue weighted by atomic mass is 16.5. The van der Waals surface area contributed by atoms with Gasteiger partial charge in [-0.2, -0.15) is 0 Å². The first-order chi connectivity index (χ1) is 13.2. The Hall–Kier alpha value is -2.30. The quantitative estimate of drug-likeness (QED) is 0.843. The molecule has 2 aromatic rings. The molecule has 5 rings (SSSR count). The van der Waals surface area contributed by atoms with Crippen molar-refractivity contribution in [2.45, 2.75) is 43.6 Å². The van der Waals surface area contributed by atoms with Crippen LogP contribution in [0, 0.1) is 0 Å². The Kier molecular flexibility index (Phi) is 3.99. The first kappa shape index (κ1) is 16.8. The van der Waals surface area contributed by atoms with Gasteiger partial charge in [-0.05, 0) is 23.6 Å². The maximum Gasteiger partial charge on any atom is 0.165 e. The molecule has 2 heterocycles. The lowest BCUT2D eigenvalue weighted by atomic mass is 9.69. The highest BCUT2D eigenvalue weighted by Gasteiger charge is 2.52. The average molecular weight is 363 g/mol. The molecule has 0 aromatic heterocycles. The summed E-state index contributed by atoms with van der Waals surface area (Å²) in [7, 11) is 1.74. The van der Waals surface area contributed by atoms with Gasteiger partial charge >= 0.3 is 0 Å². The summed E-state index contributed by atoms with van der Waals surface area (Å²) >= 11 is 0. The van der Waals surface area contributed by atoms with Crippen molar-refractivity contribution >= 4 is 0 Å². The monoisotopic (exact) mass is 363 g/mol. The van der Waals surface area contributed by atoms with E-state index in [2.05, 4.69) is 53.5 Å². The number of phenols is 1.